The van der Waals surface area contributed by atoms with Crippen LogP contribution in [0.1, 0.15) is 70.0 Å². The van der Waals surface area contributed by atoms with Gasteiger partial charge in [-0.25, -0.2) is 4.79 Å². The van der Waals surface area contributed by atoms with Gasteiger partial charge in [0.1, 0.15) is 12.4 Å². The van der Waals surface area contributed by atoms with Crippen LogP contribution in [0.2, 0.25) is 0 Å². The fourth-order valence-electron chi connectivity index (χ4n) is 4.76. The highest BCUT2D eigenvalue weighted by Gasteiger charge is 2.38. The first-order chi connectivity index (χ1) is 20.0. The smallest absolute Gasteiger partial charge is 0.489 e. The Morgan fingerprint density at radius 1 is 1.10 bits per heavy atom. The lowest BCUT2D eigenvalue weighted by molar-refractivity contribution is -0.192. The van der Waals surface area contributed by atoms with E-state index >= 15 is 0 Å². The average Bonchev–Trinajstić information content (AvgIpc) is 3.71. The van der Waals surface area contributed by atoms with E-state index in [4.69, 9.17) is 19.7 Å². The summed E-state index contributed by atoms with van der Waals surface area (Å²) >= 11 is 2.05. The van der Waals surface area contributed by atoms with Crippen LogP contribution < -0.4 is 4.74 Å². The van der Waals surface area contributed by atoms with Gasteiger partial charge in [-0.3, -0.25) is 9.69 Å². The summed E-state index contributed by atoms with van der Waals surface area (Å²) < 4.78 is 37.8. The van der Waals surface area contributed by atoms with Crippen molar-refractivity contribution in [2.75, 3.05) is 6.54 Å². The second-order valence-corrected chi connectivity index (χ2v) is 11.5. The second-order valence-electron chi connectivity index (χ2n) is 10.4. The number of hydrogen-bond acceptors (Lipinski definition) is 5. The molecule has 0 radical (unpaired) electrons. The number of hydrogen-bond donors (Lipinski definition) is 2. The van der Waals surface area contributed by atoms with Crippen LogP contribution in [0.15, 0.2) is 54.6 Å². The first-order valence-corrected chi connectivity index (χ1v) is 14.4. The van der Waals surface area contributed by atoms with Crippen molar-refractivity contribution in [3.63, 3.8) is 0 Å². The Morgan fingerprint density at radius 3 is 2.40 bits per heavy atom. The normalized spacial score (nSPS) is 15.3. The van der Waals surface area contributed by atoms with Gasteiger partial charge in [0.15, 0.2) is 0 Å². The summed E-state index contributed by atoms with van der Waals surface area (Å²) in [4.78, 5) is 25.8. The van der Waals surface area contributed by atoms with Crippen LogP contribution >= 0.6 is 11.3 Å². The van der Waals surface area contributed by atoms with Crippen LogP contribution in [0.5, 0.6) is 5.75 Å². The Hall–Kier alpha value is -3.81. The average molecular weight is 600 g/mol. The molecule has 1 aliphatic heterocycles. The number of ether oxygens (including phenoxy) is 1. The summed E-state index contributed by atoms with van der Waals surface area (Å²) in [7, 11) is 0. The highest BCUT2D eigenvalue weighted by molar-refractivity contribution is 7.12. The summed E-state index contributed by atoms with van der Waals surface area (Å²) in [6.07, 6.45) is -1.16. The molecule has 3 aromatic rings. The molecule has 42 heavy (non-hydrogen) atoms. The van der Waals surface area contributed by atoms with Gasteiger partial charge in [0.2, 0.25) is 0 Å². The maximum Gasteiger partial charge on any atom is 0.490 e. The molecule has 6 nitrogen and oxygen atoms in total. The van der Waals surface area contributed by atoms with E-state index in [1.165, 1.54) is 24.8 Å². The molecule has 1 atom stereocenters. The molecule has 2 aromatic carbocycles. The van der Waals surface area contributed by atoms with Crippen molar-refractivity contribution in [3.8, 4) is 17.6 Å². The third-order valence-corrected chi connectivity index (χ3v) is 8.37. The predicted octanol–water partition coefficient (Wildman–Crippen LogP) is 6.98. The number of aliphatic carboxylic acids is 2. The molecule has 1 aromatic heterocycles. The Bertz CT molecular complexity index is 1450. The van der Waals surface area contributed by atoms with Crippen molar-refractivity contribution in [2.24, 2.45) is 0 Å². The molecule has 10 heteroatoms. The third-order valence-electron chi connectivity index (χ3n) is 6.97. The molecule has 0 amide bonds. The molecule has 0 unspecified atom stereocenters. The van der Waals surface area contributed by atoms with Crippen molar-refractivity contribution in [3.05, 3.63) is 86.6 Å². The molecule has 222 valence electrons. The molecule has 0 bridgehead atoms. The summed E-state index contributed by atoms with van der Waals surface area (Å²) in [5, 5.41) is 16.3. The SMILES string of the molecule is CC#C[C@@H](CC(=O)O)c1ccc(OCc2cccc(CN3CCc4sc(C5CC5)cc4C3)c2)cc1.O=C(O)C(F)(F)F. The van der Waals surface area contributed by atoms with E-state index in [2.05, 4.69) is 58.4 Å². The maximum absolute atomic E-state index is 11.1. The van der Waals surface area contributed by atoms with Crippen LogP contribution in [0, 0.1) is 11.8 Å². The van der Waals surface area contributed by atoms with Gasteiger partial charge in [-0.05, 0) is 72.6 Å². The zero-order valence-corrected chi connectivity index (χ0v) is 23.9. The Kier molecular flexibility index (Phi) is 10.3. The zero-order chi connectivity index (χ0) is 30.3. The number of benzene rings is 2. The Labute approximate surface area is 246 Å². The van der Waals surface area contributed by atoms with Crippen LogP contribution in [0.4, 0.5) is 13.2 Å². The second kappa shape index (κ2) is 13.9. The van der Waals surface area contributed by atoms with Crippen molar-refractivity contribution in [2.45, 2.75) is 70.3 Å². The molecule has 1 saturated carbocycles. The topological polar surface area (TPSA) is 87.1 Å². The number of halogens is 3. The van der Waals surface area contributed by atoms with Crippen molar-refractivity contribution in [1.82, 2.24) is 4.90 Å². The quantitative estimate of drug-likeness (QED) is 0.258. The van der Waals surface area contributed by atoms with E-state index in [0.29, 0.717) is 6.61 Å². The molecule has 0 saturated heterocycles. The van der Waals surface area contributed by atoms with Crippen molar-refractivity contribution in [1.29, 1.82) is 0 Å². The lowest BCUT2D eigenvalue weighted by atomic mass is 9.96. The number of carbonyl (C=O) groups is 2. The molecule has 5 rings (SSSR count). The monoisotopic (exact) mass is 599 g/mol. The van der Waals surface area contributed by atoms with Gasteiger partial charge in [-0.2, -0.15) is 13.2 Å². The molecule has 0 spiro atoms. The summed E-state index contributed by atoms with van der Waals surface area (Å²) in [5.41, 5.74) is 4.91. The first-order valence-electron chi connectivity index (χ1n) is 13.6. The molecule has 2 N–H and O–H groups in total. The molecular formula is C32H32F3NO5S. The maximum atomic E-state index is 11.1. The van der Waals surface area contributed by atoms with E-state index in [0.717, 1.165) is 42.4 Å². The highest BCUT2D eigenvalue weighted by atomic mass is 32.1. The molecule has 1 aliphatic carbocycles. The van der Waals surface area contributed by atoms with E-state index in [1.807, 2.05) is 24.3 Å². The highest BCUT2D eigenvalue weighted by Crippen LogP contribution is 2.45. The number of rotatable bonds is 9. The largest absolute Gasteiger partial charge is 0.490 e. The van der Waals surface area contributed by atoms with Gasteiger partial charge in [-0.1, -0.05) is 42.3 Å². The molecule has 1 fully saturated rings. The van der Waals surface area contributed by atoms with Crippen molar-refractivity contribution < 1.29 is 37.7 Å². The van der Waals surface area contributed by atoms with E-state index in [1.54, 1.807) is 22.2 Å². The van der Waals surface area contributed by atoms with Gasteiger partial charge in [0.05, 0.1) is 12.3 Å². The summed E-state index contributed by atoms with van der Waals surface area (Å²) in [6.45, 7) is 5.36. The number of alkyl halides is 3. The van der Waals surface area contributed by atoms with Crippen LogP contribution in [0.3, 0.4) is 0 Å². The first kappa shape index (κ1) is 31.1. The van der Waals surface area contributed by atoms with E-state index < -0.39 is 18.1 Å². The number of fused-ring (bicyclic) bond motifs is 1. The minimum atomic E-state index is -5.08. The van der Waals surface area contributed by atoms with E-state index in [9.17, 15) is 18.0 Å². The minimum absolute atomic E-state index is 0.000255. The van der Waals surface area contributed by atoms with Crippen LogP contribution in [0.25, 0.3) is 0 Å². The van der Waals surface area contributed by atoms with Gasteiger partial charge in [0, 0.05) is 29.4 Å². The third kappa shape index (κ3) is 9.10. The Balaban J connectivity index is 0.000000517. The van der Waals surface area contributed by atoms with E-state index in [-0.39, 0.29) is 12.3 Å². The fraction of sp³-hybridized carbons (Fsp3) is 0.375. The predicted molar refractivity (Wildman–Crippen MR) is 153 cm³/mol. The number of thiophene rings is 1. The zero-order valence-electron chi connectivity index (χ0n) is 23.1. The summed E-state index contributed by atoms with van der Waals surface area (Å²) in [5.74, 6) is 3.53. The summed E-state index contributed by atoms with van der Waals surface area (Å²) in [6, 6.07) is 18.7. The van der Waals surface area contributed by atoms with Gasteiger partial charge >= 0.3 is 18.1 Å². The van der Waals surface area contributed by atoms with Gasteiger partial charge in [0.25, 0.3) is 0 Å². The molecular weight excluding hydrogens is 567 g/mol. The van der Waals surface area contributed by atoms with Crippen LogP contribution in [-0.2, 0) is 35.7 Å². The Morgan fingerprint density at radius 2 is 1.79 bits per heavy atom. The number of carboxylic acid groups (broad SMARTS) is 2. The number of carboxylic acids is 2. The molecule has 2 heterocycles. The fourth-order valence-corrected chi connectivity index (χ4v) is 6.09. The van der Waals surface area contributed by atoms with Crippen molar-refractivity contribution >= 4 is 23.3 Å². The standard InChI is InChI=1S/C30H31NO3S.C2HF3O2/c1-2-4-25(17-30(32)33)23-9-11-27(12-10-23)34-20-22-6-3-5-21(15-22)18-31-14-13-28-26(19-31)16-29(35-28)24-7-8-24;3-2(4,5)1(6)7/h3,5-6,9-12,15-16,24-25H,7-8,13-14,17-20H2,1H3,(H,32,33);(H,6,7)/t25-;/m0./s1. The van der Waals surface area contributed by atoms with Crippen LogP contribution in [-0.4, -0.2) is 39.8 Å². The lowest BCUT2D eigenvalue weighted by Crippen LogP contribution is -2.29. The minimum Gasteiger partial charge on any atom is -0.489 e. The lowest BCUT2D eigenvalue weighted by Gasteiger charge is -2.27. The van der Waals surface area contributed by atoms with Gasteiger partial charge in [-0.15, -0.1) is 17.3 Å². The molecule has 2 aliphatic rings. The van der Waals surface area contributed by atoms with Gasteiger partial charge < -0.3 is 14.9 Å². The number of nitrogens with zero attached hydrogens (tertiary/aromatic N) is 1.